The number of nitrogens with one attached hydrogen (secondary N) is 1. The summed E-state index contributed by atoms with van der Waals surface area (Å²) in [4.78, 5) is 16.9. The van der Waals surface area contributed by atoms with E-state index in [2.05, 4.69) is 25.3 Å². The molecule has 3 aromatic rings. The van der Waals surface area contributed by atoms with E-state index in [0.29, 0.717) is 49.1 Å². The topological polar surface area (TPSA) is 96.5 Å². The summed E-state index contributed by atoms with van der Waals surface area (Å²) in [6.07, 6.45) is 0. The number of ether oxygens (including phenoxy) is 2. The molecule has 9 heteroatoms. The number of aryl methyl sites for hydroxylation is 1. The van der Waals surface area contributed by atoms with Crippen LogP contribution in [0.1, 0.15) is 16.2 Å². The molecule has 0 aliphatic carbocycles. The Morgan fingerprint density at radius 2 is 1.80 bits per heavy atom. The van der Waals surface area contributed by atoms with Crippen molar-refractivity contribution in [1.29, 1.82) is 0 Å². The number of benzene rings is 1. The van der Waals surface area contributed by atoms with E-state index < -0.39 is 0 Å². The lowest BCUT2D eigenvalue weighted by Crippen LogP contribution is -2.49. The van der Waals surface area contributed by atoms with E-state index >= 15 is 0 Å². The first-order valence-electron chi connectivity index (χ1n) is 9.71. The average molecular weight is 408 g/mol. The number of rotatable bonds is 5. The first-order chi connectivity index (χ1) is 14.6. The highest BCUT2D eigenvalue weighted by atomic mass is 16.5. The summed E-state index contributed by atoms with van der Waals surface area (Å²) >= 11 is 0. The summed E-state index contributed by atoms with van der Waals surface area (Å²) in [6, 6.07) is 11.1. The number of nitrogens with zero attached hydrogens (tertiary/aromatic N) is 5. The molecule has 1 N–H and O–H groups in total. The molecule has 4 rings (SSSR count). The summed E-state index contributed by atoms with van der Waals surface area (Å²) in [7, 11) is 3.20. The van der Waals surface area contributed by atoms with Crippen molar-refractivity contribution in [3.8, 4) is 22.8 Å². The van der Waals surface area contributed by atoms with Crippen LogP contribution in [0.3, 0.4) is 0 Å². The maximum Gasteiger partial charge on any atom is 0.272 e. The lowest BCUT2D eigenvalue weighted by atomic mass is 10.1. The van der Waals surface area contributed by atoms with Gasteiger partial charge in [0.15, 0.2) is 5.82 Å². The summed E-state index contributed by atoms with van der Waals surface area (Å²) < 4.78 is 10.7. The van der Waals surface area contributed by atoms with Crippen molar-refractivity contribution in [1.82, 2.24) is 25.3 Å². The van der Waals surface area contributed by atoms with Crippen LogP contribution in [0.15, 0.2) is 36.4 Å². The van der Waals surface area contributed by atoms with Crippen molar-refractivity contribution in [2.24, 2.45) is 0 Å². The number of carbonyl (C=O) groups excluding carboxylic acids is 1. The summed E-state index contributed by atoms with van der Waals surface area (Å²) in [5.74, 6) is 2.11. The van der Waals surface area contributed by atoms with E-state index in [1.165, 1.54) is 0 Å². The van der Waals surface area contributed by atoms with Gasteiger partial charge in [-0.25, -0.2) is 0 Å². The Kier molecular flexibility index (Phi) is 5.51. The third-order valence-corrected chi connectivity index (χ3v) is 5.17. The standard InChI is InChI=1S/C21H24N6O3/c1-14-4-7-20(25-22-14)26-8-10-27(11-9-26)21(28)18-13-17(23-24-18)16-12-15(29-2)5-6-19(16)30-3/h4-7,12-13H,8-11H2,1-3H3,(H,23,24). The molecule has 9 nitrogen and oxygen atoms in total. The molecule has 1 aliphatic rings. The van der Waals surface area contributed by atoms with E-state index in [1.54, 1.807) is 20.3 Å². The molecule has 2 aromatic heterocycles. The number of anilines is 1. The highest BCUT2D eigenvalue weighted by Crippen LogP contribution is 2.32. The molecule has 0 bridgehead atoms. The van der Waals surface area contributed by atoms with Crippen LogP contribution in [0.5, 0.6) is 11.5 Å². The Morgan fingerprint density at radius 1 is 1.00 bits per heavy atom. The lowest BCUT2D eigenvalue weighted by molar-refractivity contribution is 0.0740. The van der Waals surface area contributed by atoms with Crippen LogP contribution in [0.2, 0.25) is 0 Å². The zero-order valence-corrected chi connectivity index (χ0v) is 17.3. The predicted octanol–water partition coefficient (Wildman–Crippen LogP) is 2.15. The van der Waals surface area contributed by atoms with Gasteiger partial charge in [0.05, 0.1) is 25.6 Å². The van der Waals surface area contributed by atoms with E-state index in [9.17, 15) is 4.79 Å². The molecule has 1 fully saturated rings. The number of amides is 1. The molecule has 0 unspecified atom stereocenters. The minimum atomic E-state index is -0.0785. The minimum absolute atomic E-state index is 0.0785. The summed E-state index contributed by atoms with van der Waals surface area (Å²) in [6.45, 7) is 4.52. The zero-order valence-electron chi connectivity index (χ0n) is 17.3. The van der Waals surface area contributed by atoms with Crippen LogP contribution >= 0.6 is 0 Å². The smallest absolute Gasteiger partial charge is 0.272 e. The first kappa shape index (κ1) is 19.7. The number of aromatic amines is 1. The number of hydrogen-bond acceptors (Lipinski definition) is 7. The largest absolute Gasteiger partial charge is 0.497 e. The van der Waals surface area contributed by atoms with Gasteiger partial charge in [0.2, 0.25) is 0 Å². The van der Waals surface area contributed by atoms with Crippen LogP contribution in [0.25, 0.3) is 11.3 Å². The van der Waals surface area contributed by atoms with Gasteiger partial charge in [0, 0.05) is 31.7 Å². The van der Waals surface area contributed by atoms with Gasteiger partial charge < -0.3 is 19.3 Å². The van der Waals surface area contributed by atoms with Crippen molar-refractivity contribution < 1.29 is 14.3 Å². The third-order valence-electron chi connectivity index (χ3n) is 5.17. The lowest BCUT2D eigenvalue weighted by Gasteiger charge is -2.34. The van der Waals surface area contributed by atoms with E-state index in [0.717, 1.165) is 17.1 Å². The van der Waals surface area contributed by atoms with Gasteiger partial charge in [0.1, 0.15) is 17.2 Å². The average Bonchev–Trinajstić information content (AvgIpc) is 3.29. The van der Waals surface area contributed by atoms with Crippen molar-refractivity contribution in [3.05, 3.63) is 47.8 Å². The van der Waals surface area contributed by atoms with Gasteiger partial charge in [0.25, 0.3) is 5.91 Å². The van der Waals surface area contributed by atoms with Crippen LogP contribution in [-0.4, -0.2) is 71.6 Å². The van der Waals surface area contributed by atoms with Gasteiger partial charge >= 0.3 is 0 Å². The van der Waals surface area contributed by atoms with Crippen molar-refractivity contribution in [2.45, 2.75) is 6.92 Å². The Hall–Kier alpha value is -3.62. The van der Waals surface area contributed by atoms with Gasteiger partial charge in [-0.05, 0) is 43.3 Å². The maximum atomic E-state index is 13.0. The molecule has 156 valence electrons. The SMILES string of the molecule is COc1ccc(OC)c(-c2cc(C(=O)N3CCN(c4ccc(C)nn4)CC3)[nH]n2)c1. The number of H-pyrrole nitrogens is 1. The van der Waals surface area contributed by atoms with Gasteiger partial charge in [-0.15, -0.1) is 5.10 Å². The second-order valence-corrected chi connectivity index (χ2v) is 7.05. The van der Waals surface area contributed by atoms with Crippen LogP contribution in [0.4, 0.5) is 5.82 Å². The van der Waals surface area contributed by atoms with E-state index in [4.69, 9.17) is 9.47 Å². The Labute approximate surface area is 174 Å². The Balaban J connectivity index is 1.46. The summed E-state index contributed by atoms with van der Waals surface area (Å²) in [5, 5.41) is 15.5. The molecule has 0 spiro atoms. The molecule has 0 saturated carbocycles. The fourth-order valence-electron chi connectivity index (χ4n) is 3.45. The third kappa shape index (κ3) is 3.91. The fraction of sp³-hybridized carbons (Fsp3) is 0.333. The normalized spacial score (nSPS) is 14.0. The van der Waals surface area contributed by atoms with Crippen LogP contribution < -0.4 is 14.4 Å². The molecule has 1 aromatic carbocycles. The molecule has 0 atom stereocenters. The quantitative estimate of drug-likeness (QED) is 0.691. The molecule has 30 heavy (non-hydrogen) atoms. The second-order valence-electron chi connectivity index (χ2n) is 7.05. The molecule has 1 aliphatic heterocycles. The number of piperazine rings is 1. The predicted molar refractivity (Wildman–Crippen MR) is 112 cm³/mol. The molecule has 1 amide bonds. The summed E-state index contributed by atoms with van der Waals surface area (Å²) in [5.41, 5.74) is 2.71. The number of methoxy groups -OCH3 is 2. The van der Waals surface area contributed by atoms with E-state index in [1.807, 2.05) is 42.2 Å². The number of carbonyl (C=O) groups is 1. The zero-order chi connectivity index (χ0) is 21.1. The molecule has 3 heterocycles. The van der Waals surface area contributed by atoms with Gasteiger partial charge in [-0.1, -0.05) is 0 Å². The van der Waals surface area contributed by atoms with Gasteiger partial charge in [-0.3, -0.25) is 9.89 Å². The van der Waals surface area contributed by atoms with E-state index in [-0.39, 0.29) is 5.91 Å². The number of aromatic nitrogens is 4. The highest BCUT2D eigenvalue weighted by Gasteiger charge is 2.25. The van der Waals surface area contributed by atoms with Crippen molar-refractivity contribution in [3.63, 3.8) is 0 Å². The Bertz CT molecular complexity index is 1030. The second kappa shape index (κ2) is 8.40. The van der Waals surface area contributed by atoms with Gasteiger partial charge in [-0.2, -0.15) is 10.2 Å². The van der Waals surface area contributed by atoms with Crippen molar-refractivity contribution >= 4 is 11.7 Å². The number of hydrogen-bond donors (Lipinski definition) is 1. The minimum Gasteiger partial charge on any atom is -0.497 e. The fourth-order valence-corrected chi connectivity index (χ4v) is 3.45. The first-order valence-corrected chi connectivity index (χ1v) is 9.71. The Morgan fingerprint density at radius 3 is 2.47 bits per heavy atom. The van der Waals surface area contributed by atoms with Crippen LogP contribution in [-0.2, 0) is 0 Å². The highest BCUT2D eigenvalue weighted by molar-refractivity contribution is 5.93. The molecule has 0 radical (unpaired) electrons. The molecule has 1 saturated heterocycles. The molecular weight excluding hydrogens is 384 g/mol. The monoisotopic (exact) mass is 408 g/mol. The van der Waals surface area contributed by atoms with Crippen LogP contribution in [0, 0.1) is 6.92 Å². The molecular formula is C21H24N6O3. The van der Waals surface area contributed by atoms with Crippen molar-refractivity contribution in [2.75, 3.05) is 45.3 Å². The maximum absolute atomic E-state index is 13.0.